The van der Waals surface area contributed by atoms with E-state index in [0.29, 0.717) is 23.3 Å². The Balaban J connectivity index is 2.84. The Morgan fingerprint density at radius 3 is 2.00 bits per heavy atom. The van der Waals surface area contributed by atoms with E-state index in [2.05, 4.69) is 12.2 Å². The van der Waals surface area contributed by atoms with E-state index in [1.54, 1.807) is 28.4 Å². The van der Waals surface area contributed by atoms with Crippen molar-refractivity contribution in [2.45, 2.75) is 19.5 Å². The Bertz CT molecular complexity index is 370. The standard InChI is InChI=1S/C14H23NO4/c1-10(9-16-2)15-8-11-6-12(17-3)14(19-5)13(7-11)18-4/h6-7,10,15H,8-9H2,1-5H3/p+1. The van der Waals surface area contributed by atoms with Crippen molar-refractivity contribution in [1.82, 2.24) is 0 Å². The Hall–Kier alpha value is -1.46. The van der Waals surface area contributed by atoms with Gasteiger partial charge in [0.25, 0.3) is 0 Å². The van der Waals surface area contributed by atoms with Crippen LogP contribution in [0, 0.1) is 0 Å². The number of nitrogens with two attached hydrogens (primary N) is 1. The molecule has 1 aromatic carbocycles. The summed E-state index contributed by atoms with van der Waals surface area (Å²) in [5.41, 5.74) is 1.12. The van der Waals surface area contributed by atoms with Gasteiger partial charge in [0, 0.05) is 12.7 Å². The van der Waals surface area contributed by atoms with Crippen molar-refractivity contribution >= 4 is 0 Å². The molecule has 19 heavy (non-hydrogen) atoms. The van der Waals surface area contributed by atoms with E-state index in [0.717, 1.165) is 18.7 Å². The van der Waals surface area contributed by atoms with Crippen LogP contribution in [0.25, 0.3) is 0 Å². The third kappa shape index (κ3) is 4.29. The fourth-order valence-electron chi connectivity index (χ4n) is 1.92. The molecule has 1 atom stereocenters. The first kappa shape index (κ1) is 15.6. The molecule has 1 unspecified atom stereocenters. The number of hydrogen-bond donors (Lipinski definition) is 1. The molecule has 0 fully saturated rings. The predicted octanol–water partition coefficient (Wildman–Crippen LogP) is 0.811. The van der Waals surface area contributed by atoms with Gasteiger partial charge in [-0.1, -0.05) is 0 Å². The van der Waals surface area contributed by atoms with Crippen LogP contribution < -0.4 is 19.5 Å². The molecule has 108 valence electrons. The lowest BCUT2D eigenvalue weighted by atomic mass is 10.1. The summed E-state index contributed by atoms with van der Waals surface area (Å²) in [6.45, 7) is 3.69. The summed E-state index contributed by atoms with van der Waals surface area (Å²) >= 11 is 0. The SMILES string of the molecule is COCC(C)[NH2+]Cc1cc(OC)c(OC)c(OC)c1. The molecule has 5 heteroatoms. The first-order valence-electron chi connectivity index (χ1n) is 6.27. The molecule has 1 rings (SSSR count). The van der Waals surface area contributed by atoms with Crippen LogP contribution >= 0.6 is 0 Å². The van der Waals surface area contributed by atoms with Gasteiger partial charge in [0.1, 0.15) is 12.6 Å². The average Bonchev–Trinajstić information content (AvgIpc) is 2.44. The van der Waals surface area contributed by atoms with Gasteiger partial charge in [0.15, 0.2) is 11.5 Å². The van der Waals surface area contributed by atoms with Gasteiger partial charge in [0.05, 0.1) is 27.9 Å². The summed E-state index contributed by atoms with van der Waals surface area (Å²) in [4.78, 5) is 0. The van der Waals surface area contributed by atoms with Crippen molar-refractivity contribution in [2.24, 2.45) is 0 Å². The molecule has 0 heterocycles. The normalized spacial score (nSPS) is 12.1. The molecular formula is C14H24NO4+. The minimum Gasteiger partial charge on any atom is -0.493 e. The van der Waals surface area contributed by atoms with E-state index in [1.165, 1.54) is 0 Å². The molecule has 0 amide bonds. The van der Waals surface area contributed by atoms with E-state index in [1.807, 2.05) is 12.1 Å². The lowest BCUT2D eigenvalue weighted by molar-refractivity contribution is -0.702. The van der Waals surface area contributed by atoms with Gasteiger partial charge in [-0.25, -0.2) is 0 Å². The van der Waals surface area contributed by atoms with Crippen molar-refractivity contribution in [3.8, 4) is 17.2 Å². The van der Waals surface area contributed by atoms with Crippen LogP contribution in [0.5, 0.6) is 17.2 Å². The summed E-state index contributed by atoms with van der Waals surface area (Å²) in [6, 6.07) is 4.35. The number of methoxy groups -OCH3 is 4. The lowest BCUT2D eigenvalue weighted by Crippen LogP contribution is -2.88. The molecule has 1 aromatic rings. The Kier molecular flexibility index (Phi) is 6.45. The van der Waals surface area contributed by atoms with Gasteiger partial charge >= 0.3 is 0 Å². The zero-order valence-corrected chi connectivity index (χ0v) is 12.4. The van der Waals surface area contributed by atoms with Crippen LogP contribution in [0.3, 0.4) is 0 Å². The fourth-order valence-corrected chi connectivity index (χ4v) is 1.92. The second kappa shape index (κ2) is 7.86. The number of ether oxygens (including phenoxy) is 4. The summed E-state index contributed by atoms with van der Waals surface area (Å²) in [5.74, 6) is 1.99. The van der Waals surface area contributed by atoms with E-state index < -0.39 is 0 Å². The van der Waals surface area contributed by atoms with Crippen molar-refractivity contribution in [2.75, 3.05) is 35.0 Å². The highest BCUT2D eigenvalue weighted by atomic mass is 16.5. The Morgan fingerprint density at radius 2 is 1.58 bits per heavy atom. The Morgan fingerprint density at radius 1 is 1.00 bits per heavy atom. The van der Waals surface area contributed by atoms with Gasteiger partial charge in [-0.15, -0.1) is 0 Å². The van der Waals surface area contributed by atoms with Crippen LogP contribution in [-0.4, -0.2) is 41.1 Å². The van der Waals surface area contributed by atoms with Crippen LogP contribution in [-0.2, 0) is 11.3 Å². The highest BCUT2D eigenvalue weighted by molar-refractivity contribution is 5.53. The van der Waals surface area contributed by atoms with Crippen molar-refractivity contribution in [3.05, 3.63) is 17.7 Å². The molecule has 5 nitrogen and oxygen atoms in total. The average molecular weight is 270 g/mol. The van der Waals surface area contributed by atoms with Crippen molar-refractivity contribution < 1.29 is 24.3 Å². The zero-order chi connectivity index (χ0) is 14.3. The molecule has 0 spiro atoms. The maximum atomic E-state index is 5.33. The summed E-state index contributed by atoms with van der Waals surface area (Å²) in [7, 11) is 6.56. The molecule has 0 saturated heterocycles. The molecule has 0 radical (unpaired) electrons. The van der Waals surface area contributed by atoms with Crippen LogP contribution in [0.4, 0.5) is 0 Å². The second-order valence-corrected chi connectivity index (χ2v) is 4.41. The van der Waals surface area contributed by atoms with E-state index in [4.69, 9.17) is 18.9 Å². The van der Waals surface area contributed by atoms with Crippen LogP contribution in [0.2, 0.25) is 0 Å². The highest BCUT2D eigenvalue weighted by Crippen LogP contribution is 2.37. The molecule has 0 aliphatic rings. The minimum absolute atomic E-state index is 0.407. The number of benzene rings is 1. The fraction of sp³-hybridized carbons (Fsp3) is 0.571. The summed E-state index contributed by atoms with van der Waals surface area (Å²) in [6.07, 6.45) is 0. The topological polar surface area (TPSA) is 53.5 Å². The third-order valence-electron chi connectivity index (χ3n) is 2.91. The second-order valence-electron chi connectivity index (χ2n) is 4.41. The molecule has 0 bridgehead atoms. The maximum Gasteiger partial charge on any atom is 0.203 e. The van der Waals surface area contributed by atoms with Crippen LogP contribution in [0.15, 0.2) is 12.1 Å². The van der Waals surface area contributed by atoms with Gasteiger partial charge in [-0.3, -0.25) is 0 Å². The molecule has 0 aliphatic carbocycles. The largest absolute Gasteiger partial charge is 0.493 e. The first-order chi connectivity index (χ1) is 9.15. The molecule has 0 saturated carbocycles. The van der Waals surface area contributed by atoms with Gasteiger partial charge < -0.3 is 24.3 Å². The zero-order valence-electron chi connectivity index (χ0n) is 12.4. The summed E-state index contributed by atoms with van der Waals surface area (Å²) < 4.78 is 21.1. The van der Waals surface area contributed by atoms with E-state index >= 15 is 0 Å². The number of quaternary nitrogens is 1. The third-order valence-corrected chi connectivity index (χ3v) is 2.91. The molecule has 0 aromatic heterocycles. The van der Waals surface area contributed by atoms with E-state index in [-0.39, 0.29) is 0 Å². The molecule has 0 aliphatic heterocycles. The number of rotatable bonds is 8. The monoisotopic (exact) mass is 270 g/mol. The number of hydrogen-bond acceptors (Lipinski definition) is 4. The molecular weight excluding hydrogens is 246 g/mol. The smallest absolute Gasteiger partial charge is 0.203 e. The maximum absolute atomic E-state index is 5.33. The van der Waals surface area contributed by atoms with E-state index in [9.17, 15) is 0 Å². The predicted molar refractivity (Wildman–Crippen MR) is 73.1 cm³/mol. The molecule has 2 N–H and O–H groups in total. The lowest BCUT2D eigenvalue weighted by Gasteiger charge is -2.15. The first-order valence-corrected chi connectivity index (χ1v) is 6.27. The summed E-state index contributed by atoms with van der Waals surface area (Å²) in [5, 5.41) is 2.21. The minimum atomic E-state index is 0.407. The van der Waals surface area contributed by atoms with Gasteiger partial charge in [-0.2, -0.15) is 0 Å². The highest BCUT2D eigenvalue weighted by Gasteiger charge is 2.14. The van der Waals surface area contributed by atoms with Gasteiger partial charge in [0.2, 0.25) is 5.75 Å². The van der Waals surface area contributed by atoms with Gasteiger partial charge in [-0.05, 0) is 19.1 Å². The Labute approximate surface area is 114 Å². The van der Waals surface area contributed by atoms with Crippen molar-refractivity contribution in [3.63, 3.8) is 0 Å². The van der Waals surface area contributed by atoms with Crippen molar-refractivity contribution in [1.29, 1.82) is 0 Å². The quantitative estimate of drug-likeness (QED) is 0.759. The van der Waals surface area contributed by atoms with Crippen LogP contribution in [0.1, 0.15) is 12.5 Å².